The molecule has 2 aromatic carbocycles. The first-order valence-corrected chi connectivity index (χ1v) is 6.73. The number of aromatic nitrogens is 1. The van der Waals surface area contributed by atoms with Crippen molar-refractivity contribution >= 4 is 10.8 Å². The molecule has 0 unspecified atom stereocenters. The van der Waals surface area contributed by atoms with Crippen LogP contribution in [0.1, 0.15) is 18.1 Å². The second kappa shape index (κ2) is 4.85. The lowest BCUT2D eigenvalue weighted by molar-refractivity contribution is 1.13. The summed E-state index contributed by atoms with van der Waals surface area (Å²) in [5.74, 6) is 0. The molecule has 0 aliphatic rings. The lowest BCUT2D eigenvalue weighted by Gasteiger charge is -2.10. The minimum absolute atomic E-state index is 1.07. The van der Waals surface area contributed by atoms with Crippen LogP contribution in [0, 0.1) is 6.92 Å². The quantitative estimate of drug-likeness (QED) is 0.635. The van der Waals surface area contributed by atoms with Gasteiger partial charge in [-0.1, -0.05) is 49.4 Å². The molecule has 0 bridgehead atoms. The number of hydrogen-bond donors (Lipinski definition) is 0. The minimum Gasteiger partial charge on any atom is -0.256 e. The third-order valence-corrected chi connectivity index (χ3v) is 3.63. The largest absolute Gasteiger partial charge is 0.256 e. The summed E-state index contributed by atoms with van der Waals surface area (Å²) in [6.45, 7) is 4.35. The van der Waals surface area contributed by atoms with E-state index in [0.717, 1.165) is 12.1 Å². The molecule has 1 nitrogen and oxygen atoms in total. The molecule has 1 heteroatoms. The molecule has 0 saturated heterocycles. The normalized spacial score (nSPS) is 10.8. The van der Waals surface area contributed by atoms with E-state index in [1.165, 1.54) is 27.5 Å². The van der Waals surface area contributed by atoms with Crippen LogP contribution in [-0.2, 0) is 6.42 Å². The van der Waals surface area contributed by atoms with E-state index in [2.05, 4.69) is 67.4 Å². The van der Waals surface area contributed by atoms with E-state index in [0.29, 0.717) is 0 Å². The maximum atomic E-state index is 4.59. The van der Waals surface area contributed by atoms with Crippen LogP contribution in [0.5, 0.6) is 0 Å². The van der Waals surface area contributed by atoms with Crippen molar-refractivity contribution in [2.45, 2.75) is 20.3 Å². The van der Waals surface area contributed by atoms with Gasteiger partial charge in [-0.2, -0.15) is 0 Å². The van der Waals surface area contributed by atoms with Crippen molar-refractivity contribution in [1.29, 1.82) is 0 Å². The SMILES string of the molecule is CCc1ccc(-c2nccc3ccccc23)c(C)c1. The third-order valence-electron chi connectivity index (χ3n) is 3.63. The molecular formula is C18H17N. The molecule has 0 saturated carbocycles. The Morgan fingerprint density at radius 1 is 1.00 bits per heavy atom. The maximum absolute atomic E-state index is 4.59. The topological polar surface area (TPSA) is 12.9 Å². The molecule has 3 rings (SSSR count). The molecule has 1 heterocycles. The minimum atomic E-state index is 1.07. The summed E-state index contributed by atoms with van der Waals surface area (Å²) in [5.41, 5.74) is 4.98. The number of nitrogens with zero attached hydrogens (tertiary/aromatic N) is 1. The molecule has 94 valence electrons. The Kier molecular flexibility index (Phi) is 3.04. The van der Waals surface area contributed by atoms with Crippen molar-refractivity contribution < 1.29 is 0 Å². The molecule has 0 radical (unpaired) electrons. The summed E-state index contributed by atoms with van der Waals surface area (Å²) in [6.07, 6.45) is 2.97. The smallest absolute Gasteiger partial charge is 0.0782 e. The molecule has 0 aliphatic carbocycles. The fourth-order valence-electron chi connectivity index (χ4n) is 2.55. The first-order chi connectivity index (χ1) is 9.29. The van der Waals surface area contributed by atoms with Gasteiger partial charge in [0.05, 0.1) is 5.69 Å². The Labute approximate surface area is 113 Å². The summed E-state index contributed by atoms with van der Waals surface area (Å²) in [5, 5.41) is 2.46. The van der Waals surface area contributed by atoms with E-state index in [9.17, 15) is 0 Å². The Hall–Kier alpha value is -2.15. The number of benzene rings is 2. The Morgan fingerprint density at radius 3 is 2.63 bits per heavy atom. The summed E-state index contributed by atoms with van der Waals surface area (Å²) in [4.78, 5) is 4.59. The van der Waals surface area contributed by atoms with Gasteiger partial charge in [-0.25, -0.2) is 0 Å². The van der Waals surface area contributed by atoms with Crippen LogP contribution >= 0.6 is 0 Å². The zero-order valence-electron chi connectivity index (χ0n) is 11.4. The van der Waals surface area contributed by atoms with Gasteiger partial charge in [0.15, 0.2) is 0 Å². The van der Waals surface area contributed by atoms with Crippen molar-refractivity contribution in [3.05, 3.63) is 65.9 Å². The molecule has 0 fully saturated rings. The third kappa shape index (κ3) is 2.12. The number of fused-ring (bicyclic) bond motifs is 1. The van der Waals surface area contributed by atoms with Gasteiger partial charge < -0.3 is 0 Å². The molecule has 0 spiro atoms. The van der Waals surface area contributed by atoms with E-state index in [4.69, 9.17) is 0 Å². The summed E-state index contributed by atoms with van der Waals surface area (Å²) >= 11 is 0. The van der Waals surface area contributed by atoms with E-state index in [1.54, 1.807) is 0 Å². The Bertz CT molecular complexity index is 723. The average molecular weight is 247 g/mol. The molecule has 19 heavy (non-hydrogen) atoms. The van der Waals surface area contributed by atoms with Gasteiger partial charge in [-0.15, -0.1) is 0 Å². The number of rotatable bonds is 2. The zero-order chi connectivity index (χ0) is 13.2. The van der Waals surface area contributed by atoms with E-state index < -0.39 is 0 Å². The van der Waals surface area contributed by atoms with Gasteiger partial charge in [0.1, 0.15) is 0 Å². The van der Waals surface area contributed by atoms with Crippen LogP contribution in [-0.4, -0.2) is 4.98 Å². The number of hydrogen-bond acceptors (Lipinski definition) is 1. The Balaban J connectivity index is 2.24. The Morgan fingerprint density at radius 2 is 1.84 bits per heavy atom. The van der Waals surface area contributed by atoms with Gasteiger partial charge in [0.25, 0.3) is 0 Å². The predicted octanol–water partition coefficient (Wildman–Crippen LogP) is 4.77. The second-order valence-corrected chi connectivity index (χ2v) is 4.88. The highest BCUT2D eigenvalue weighted by Crippen LogP contribution is 2.29. The lowest BCUT2D eigenvalue weighted by Crippen LogP contribution is -1.91. The van der Waals surface area contributed by atoms with Gasteiger partial charge in [0.2, 0.25) is 0 Å². The lowest BCUT2D eigenvalue weighted by atomic mass is 9.98. The summed E-state index contributed by atoms with van der Waals surface area (Å²) < 4.78 is 0. The van der Waals surface area contributed by atoms with Crippen LogP contribution in [0.25, 0.3) is 22.0 Å². The van der Waals surface area contributed by atoms with Crippen LogP contribution in [0.4, 0.5) is 0 Å². The van der Waals surface area contributed by atoms with Crippen molar-refractivity contribution in [2.24, 2.45) is 0 Å². The van der Waals surface area contributed by atoms with Crippen molar-refractivity contribution in [2.75, 3.05) is 0 Å². The van der Waals surface area contributed by atoms with Gasteiger partial charge in [-0.3, -0.25) is 4.98 Å². The molecule has 0 amide bonds. The number of aryl methyl sites for hydroxylation is 2. The highest BCUT2D eigenvalue weighted by molar-refractivity contribution is 5.95. The summed E-state index contributed by atoms with van der Waals surface area (Å²) in [7, 11) is 0. The predicted molar refractivity (Wildman–Crippen MR) is 81.3 cm³/mol. The highest BCUT2D eigenvalue weighted by atomic mass is 14.7. The fraction of sp³-hybridized carbons (Fsp3) is 0.167. The molecule has 3 aromatic rings. The average Bonchev–Trinajstić information content (AvgIpc) is 2.46. The zero-order valence-corrected chi connectivity index (χ0v) is 11.4. The molecule has 0 atom stereocenters. The first kappa shape index (κ1) is 11.9. The monoisotopic (exact) mass is 247 g/mol. The molecular weight excluding hydrogens is 230 g/mol. The standard InChI is InChI=1S/C18H17N/c1-3-14-8-9-16(13(2)12-14)18-17-7-5-4-6-15(17)10-11-19-18/h4-12H,3H2,1-2H3. The second-order valence-electron chi connectivity index (χ2n) is 4.88. The molecule has 0 aliphatic heterocycles. The highest BCUT2D eigenvalue weighted by Gasteiger charge is 2.07. The van der Waals surface area contributed by atoms with Crippen molar-refractivity contribution in [3.63, 3.8) is 0 Å². The number of pyridine rings is 1. The van der Waals surface area contributed by atoms with Crippen LogP contribution in [0.15, 0.2) is 54.7 Å². The van der Waals surface area contributed by atoms with Crippen LogP contribution in [0.3, 0.4) is 0 Å². The van der Waals surface area contributed by atoms with E-state index in [1.807, 2.05) is 6.20 Å². The van der Waals surface area contributed by atoms with Gasteiger partial charge in [0, 0.05) is 17.1 Å². The molecule has 0 N–H and O–H groups in total. The summed E-state index contributed by atoms with van der Waals surface area (Å²) in [6, 6.07) is 17.1. The molecule has 1 aromatic heterocycles. The van der Waals surface area contributed by atoms with Gasteiger partial charge in [-0.05, 0) is 35.9 Å². The first-order valence-electron chi connectivity index (χ1n) is 6.73. The van der Waals surface area contributed by atoms with Crippen LogP contribution < -0.4 is 0 Å². The van der Waals surface area contributed by atoms with Crippen molar-refractivity contribution in [3.8, 4) is 11.3 Å². The van der Waals surface area contributed by atoms with Crippen molar-refractivity contribution in [1.82, 2.24) is 4.98 Å². The van der Waals surface area contributed by atoms with E-state index in [-0.39, 0.29) is 0 Å². The maximum Gasteiger partial charge on any atom is 0.0782 e. The van der Waals surface area contributed by atoms with Crippen LogP contribution in [0.2, 0.25) is 0 Å². The van der Waals surface area contributed by atoms with Gasteiger partial charge >= 0.3 is 0 Å². The fourth-order valence-corrected chi connectivity index (χ4v) is 2.55. The van der Waals surface area contributed by atoms with E-state index >= 15 is 0 Å².